The number of esters is 1. The summed E-state index contributed by atoms with van der Waals surface area (Å²) in [5.41, 5.74) is 2.25. The number of ketones is 1. The highest BCUT2D eigenvalue weighted by Crippen LogP contribution is 2.36. The van der Waals surface area contributed by atoms with Crippen LogP contribution in [-0.4, -0.2) is 34.1 Å². The number of nitrogens with zero attached hydrogens (tertiary/aromatic N) is 2. The fourth-order valence-corrected chi connectivity index (χ4v) is 3.77. The van der Waals surface area contributed by atoms with Gasteiger partial charge in [-0.15, -0.1) is 11.8 Å². The molecule has 1 atom stereocenters. The summed E-state index contributed by atoms with van der Waals surface area (Å²) in [5, 5.41) is 0.856. The topological polar surface area (TPSA) is 69.2 Å². The molecule has 0 bridgehead atoms. The zero-order valence-electron chi connectivity index (χ0n) is 13.6. The minimum Gasteiger partial charge on any atom is -0.465 e. The highest BCUT2D eigenvalue weighted by molar-refractivity contribution is 7.99. The Kier molecular flexibility index (Phi) is 4.94. The first kappa shape index (κ1) is 16.6. The van der Waals surface area contributed by atoms with E-state index in [-0.39, 0.29) is 12.4 Å². The van der Waals surface area contributed by atoms with E-state index in [1.807, 2.05) is 30.3 Å². The minimum atomic E-state index is -0.983. The van der Waals surface area contributed by atoms with Crippen LogP contribution >= 0.6 is 11.8 Å². The lowest BCUT2D eigenvalue weighted by molar-refractivity contribution is -0.147. The van der Waals surface area contributed by atoms with Gasteiger partial charge in [-0.25, -0.2) is 9.97 Å². The van der Waals surface area contributed by atoms with Crippen LogP contribution < -0.4 is 0 Å². The molecular formula is C18H18N2O3S. The predicted molar refractivity (Wildman–Crippen MR) is 92.0 cm³/mol. The van der Waals surface area contributed by atoms with Gasteiger partial charge in [-0.05, 0) is 20.3 Å². The monoisotopic (exact) mass is 342 g/mol. The van der Waals surface area contributed by atoms with Crippen molar-refractivity contribution in [1.82, 2.24) is 9.97 Å². The molecule has 0 spiro atoms. The number of Topliss-reactive ketones (excluding diaryl/α,β-unsaturated/α-hetero) is 1. The van der Waals surface area contributed by atoms with Gasteiger partial charge in [-0.1, -0.05) is 30.3 Å². The summed E-state index contributed by atoms with van der Waals surface area (Å²) in [4.78, 5) is 33.7. The van der Waals surface area contributed by atoms with Gasteiger partial charge in [-0.2, -0.15) is 0 Å². The lowest BCUT2D eigenvalue weighted by atomic mass is 9.96. The average molecular weight is 342 g/mol. The van der Waals surface area contributed by atoms with Crippen molar-refractivity contribution in [2.75, 3.05) is 12.4 Å². The first-order chi connectivity index (χ1) is 11.6. The van der Waals surface area contributed by atoms with E-state index in [0.717, 1.165) is 28.3 Å². The normalized spacial score (nSPS) is 14.1. The second-order valence-corrected chi connectivity index (χ2v) is 6.56. The van der Waals surface area contributed by atoms with Crippen LogP contribution in [0.3, 0.4) is 0 Å². The van der Waals surface area contributed by atoms with Crippen LogP contribution in [0.2, 0.25) is 0 Å². The quantitative estimate of drug-likeness (QED) is 0.473. The number of hydrogen-bond donors (Lipinski definition) is 0. The third kappa shape index (κ3) is 3.19. The largest absolute Gasteiger partial charge is 0.465 e. The number of thioether (sulfide) groups is 1. The number of hydrogen-bond acceptors (Lipinski definition) is 6. The van der Waals surface area contributed by atoms with Crippen molar-refractivity contribution in [2.45, 2.75) is 31.2 Å². The molecule has 0 radical (unpaired) electrons. The van der Waals surface area contributed by atoms with Gasteiger partial charge in [0.25, 0.3) is 0 Å². The second kappa shape index (κ2) is 7.13. The van der Waals surface area contributed by atoms with E-state index < -0.39 is 11.9 Å². The zero-order valence-corrected chi connectivity index (χ0v) is 14.4. The summed E-state index contributed by atoms with van der Waals surface area (Å²) < 4.78 is 5.10. The smallest absolute Gasteiger partial charge is 0.322 e. The van der Waals surface area contributed by atoms with Gasteiger partial charge >= 0.3 is 5.97 Å². The molecular weight excluding hydrogens is 324 g/mol. The molecule has 24 heavy (non-hydrogen) atoms. The van der Waals surface area contributed by atoms with Gasteiger partial charge in [0.05, 0.1) is 12.3 Å². The van der Waals surface area contributed by atoms with E-state index in [2.05, 4.69) is 9.97 Å². The molecule has 6 heteroatoms. The molecule has 1 unspecified atom stereocenters. The van der Waals surface area contributed by atoms with Crippen LogP contribution in [0.5, 0.6) is 0 Å². The van der Waals surface area contributed by atoms with Gasteiger partial charge < -0.3 is 4.74 Å². The van der Waals surface area contributed by atoms with Crippen LogP contribution in [-0.2, 0) is 20.7 Å². The van der Waals surface area contributed by atoms with Crippen molar-refractivity contribution >= 4 is 23.5 Å². The molecule has 124 valence electrons. The van der Waals surface area contributed by atoms with Crippen LogP contribution in [0.15, 0.2) is 35.4 Å². The summed E-state index contributed by atoms with van der Waals surface area (Å²) in [6.07, 6.45) is 0.758. The molecule has 0 fully saturated rings. The lowest BCUT2D eigenvalue weighted by Crippen LogP contribution is -2.25. The molecule has 0 aliphatic carbocycles. The molecule has 2 aromatic rings. The number of fused-ring (bicyclic) bond motifs is 1. The number of rotatable bonds is 5. The molecule has 0 amide bonds. The molecule has 0 saturated carbocycles. The molecule has 0 N–H and O–H groups in total. The third-order valence-corrected chi connectivity index (χ3v) is 4.85. The van der Waals surface area contributed by atoms with E-state index in [0.29, 0.717) is 11.5 Å². The maximum atomic E-state index is 12.3. The van der Waals surface area contributed by atoms with E-state index in [9.17, 15) is 9.59 Å². The minimum absolute atomic E-state index is 0.232. The fourth-order valence-electron chi connectivity index (χ4n) is 2.73. The van der Waals surface area contributed by atoms with Crippen molar-refractivity contribution in [3.63, 3.8) is 0 Å². The Labute approximate surface area is 144 Å². The van der Waals surface area contributed by atoms with Gasteiger partial charge in [-0.3, -0.25) is 9.59 Å². The average Bonchev–Trinajstić information content (AvgIpc) is 3.04. The summed E-state index contributed by atoms with van der Waals surface area (Å²) in [7, 11) is 0. The number of benzene rings is 1. The van der Waals surface area contributed by atoms with Crippen molar-refractivity contribution in [1.29, 1.82) is 0 Å². The van der Waals surface area contributed by atoms with Crippen LogP contribution in [0.25, 0.3) is 11.4 Å². The molecule has 3 rings (SSSR count). The predicted octanol–water partition coefficient (Wildman–Crippen LogP) is 3.03. The first-order valence-electron chi connectivity index (χ1n) is 7.88. The zero-order chi connectivity index (χ0) is 17.1. The van der Waals surface area contributed by atoms with Crippen molar-refractivity contribution in [3.8, 4) is 11.4 Å². The number of carbonyl (C=O) groups excluding carboxylic acids is 2. The van der Waals surface area contributed by atoms with Crippen molar-refractivity contribution in [2.24, 2.45) is 0 Å². The van der Waals surface area contributed by atoms with E-state index in [4.69, 9.17) is 4.74 Å². The Bertz CT molecular complexity index is 777. The molecule has 0 saturated heterocycles. The third-order valence-electron chi connectivity index (χ3n) is 3.83. The highest BCUT2D eigenvalue weighted by atomic mass is 32.2. The Morgan fingerprint density at radius 1 is 1.25 bits per heavy atom. The molecule has 5 nitrogen and oxygen atoms in total. The first-order valence-corrected chi connectivity index (χ1v) is 8.86. The van der Waals surface area contributed by atoms with Gasteiger partial charge in [0.2, 0.25) is 0 Å². The Morgan fingerprint density at radius 2 is 2.00 bits per heavy atom. The summed E-state index contributed by atoms with van der Waals surface area (Å²) >= 11 is 1.63. The van der Waals surface area contributed by atoms with Crippen LogP contribution in [0, 0.1) is 0 Å². The summed E-state index contributed by atoms with van der Waals surface area (Å²) in [6.45, 7) is 3.36. The van der Waals surface area contributed by atoms with E-state index >= 15 is 0 Å². The maximum absolute atomic E-state index is 12.3. The lowest BCUT2D eigenvalue weighted by Gasteiger charge is -2.16. The molecule has 2 heterocycles. The van der Waals surface area contributed by atoms with Gasteiger partial charge in [0.15, 0.2) is 11.7 Å². The second-order valence-electron chi connectivity index (χ2n) is 5.48. The van der Waals surface area contributed by atoms with Crippen molar-refractivity contribution < 1.29 is 14.3 Å². The Hall–Kier alpha value is -2.21. The number of aromatic nitrogens is 2. The highest BCUT2D eigenvalue weighted by Gasteiger charge is 2.34. The number of ether oxygens (including phenoxy) is 1. The van der Waals surface area contributed by atoms with Crippen LogP contribution in [0.4, 0.5) is 0 Å². The van der Waals surface area contributed by atoms with E-state index in [1.54, 1.807) is 18.7 Å². The fraction of sp³-hybridized carbons (Fsp3) is 0.333. The summed E-state index contributed by atoms with van der Waals surface area (Å²) in [6, 6.07) is 9.57. The van der Waals surface area contributed by atoms with Crippen LogP contribution in [0.1, 0.15) is 31.0 Å². The van der Waals surface area contributed by atoms with E-state index in [1.165, 1.54) is 6.92 Å². The number of carbonyl (C=O) groups is 2. The Morgan fingerprint density at radius 3 is 2.67 bits per heavy atom. The SMILES string of the molecule is CCOC(=O)C(C(C)=O)c1nc(-c2ccccc2)nc2c1CCS2. The van der Waals surface area contributed by atoms with Gasteiger partial charge in [0, 0.05) is 16.9 Å². The van der Waals surface area contributed by atoms with Gasteiger partial charge in [0.1, 0.15) is 10.8 Å². The molecule has 1 aliphatic heterocycles. The summed E-state index contributed by atoms with van der Waals surface area (Å²) in [5.74, 6) is -0.368. The molecule has 1 aliphatic rings. The standard InChI is InChI=1S/C18H18N2O3S/c1-3-23-18(22)14(11(2)21)15-13-9-10-24-17(13)20-16(19-15)12-7-5-4-6-8-12/h4-8,14H,3,9-10H2,1-2H3. The maximum Gasteiger partial charge on any atom is 0.322 e. The molecule has 1 aromatic carbocycles. The Balaban J connectivity index is 2.14. The van der Waals surface area contributed by atoms with Crippen molar-refractivity contribution in [3.05, 3.63) is 41.6 Å². The molecule has 1 aromatic heterocycles.